The first-order valence-corrected chi connectivity index (χ1v) is 5.95. The maximum atomic E-state index is 3.28. The van der Waals surface area contributed by atoms with Crippen LogP contribution in [0.5, 0.6) is 0 Å². The number of hydrogen-bond acceptors (Lipinski definition) is 1. The minimum Gasteiger partial charge on any atom is -0.360 e. The first-order chi connectivity index (χ1) is 7.93. The van der Waals surface area contributed by atoms with Gasteiger partial charge in [0.2, 0.25) is 0 Å². The van der Waals surface area contributed by atoms with E-state index in [9.17, 15) is 0 Å². The fourth-order valence-corrected chi connectivity index (χ4v) is 2.63. The number of benzene rings is 2. The van der Waals surface area contributed by atoms with E-state index in [0.29, 0.717) is 0 Å². The Balaban J connectivity index is 2.01. The van der Waals surface area contributed by atoms with Crippen molar-refractivity contribution in [1.82, 2.24) is 4.98 Å². The van der Waals surface area contributed by atoms with Crippen molar-refractivity contribution in [1.29, 1.82) is 0 Å². The number of nitrogens with one attached hydrogen (secondary N) is 1. The van der Waals surface area contributed by atoms with Crippen LogP contribution in [-0.2, 0) is 0 Å². The highest BCUT2D eigenvalue weighted by atomic mass is 32.2. The zero-order chi connectivity index (χ0) is 10.8. The fraction of sp³-hybridized carbons (Fsp3) is 0. The third kappa shape index (κ3) is 1.72. The van der Waals surface area contributed by atoms with Crippen LogP contribution in [0.15, 0.2) is 64.5 Å². The van der Waals surface area contributed by atoms with E-state index in [4.69, 9.17) is 0 Å². The Morgan fingerprint density at radius 2 is 1.81 bits per heavy atom. The Labute approximate surface area is 98.5 Å². The van der Waals surface area contributed by atoms with Crippen LogP contribution < -0.4 is 0 Å². The normalized spacial score (nSPS) is 10.8. The van der Waals surface area contributed by atoms with Gasteiger partial charge in [-0.3, -0.25) is 0 Å². The molecule has 1 radical (unpaired) electrons. The number of hydrogen-bond donors (Lipinski definition) is 1. The molecule has 0 atom stereocenters. The third-order valence-corrected chi connectivity index (χ3v) is 3.53. The molecule has 0 saturated carbocycles. The monoisotopic (exact) mass is 224 g/mol. The minimum absolute atomic E-state index is 1.19. The lowest BCUT2D eigenvalue weighted by Crippen LogP contribution is -1.70. The van der Waals surface area contributed by atoms with Crippen LogP contribution in [0.3, 0.4) is 0 Å². The van der Waals surface area contributed by atoms with Gasteiger partial charge in [-0.2, -0.15) is 0 Å². The van der Waals surface area contributed by atoms with Gasteiger partial charge in [0.1, 0.15) is 0 Å². The van der Waals surface area contributed by atoms with Crippen molar-refractivity contribution in [2.45, 2.75) is 9.79 Å². The fourth-order valence-electron chi connectivity index (χ4n) is 1.70. The minimum atomic E-state index is 1.19. The summed E-state index contributed by atoms with van der Waals surface area (Å²) in [6, 6.07) is 19.4. The van der Waals surface area contributed by atoms with Crippen molar-refractivity contribution in [2.75, 3.05) is 0 Å². The number of H-pyrrole nitrogens is 1. The molecule has 3 rings (SSSR count). The summed E-state index contributed by atoms with van der Waals surface area (Å²) in [6.45, 7) is 0. The van der Waals surface area contributed by atoms with Gasteiger partial charge < -0.3 is 4.98 Å². The summed E-state index contributed by atoms with van der Waals surface area (Å²) in [7, 11) is 0. The van der Waals surface area contributed by atoms with E-state index >= 15 is 0 Å². The standard InChI is InChI=1S/C14H10NS/c1-2-6-11(7-3-1)16-14-10-15-13-9-5-4-8-12(13)14/h2-10,15H. The molecular weight excluding hydrogens is 214 g/mol. The predicted molar refractivity (Wildman–Crippen MR) is 67.7 cm³/mol. The molecule has 1 nitrogen and oxygen atoms in total. The lowest BCUT2D eigenvalue weighted by atomic mass is 10.2. The van der Waals surface area contributed by atoms with Gasteiger partial charge in [0.25, 0.3) is 0 Å². The van der Waals surface area contributed by atoms with Gasteiger partial charge in [0.15, 0.2) is 0 Å². The van der Waals surface area contributed by atoms with E-state index in [-0.39, 0.29) is 0 Å². The summed E-state index contributed by atoms with van der Waals surface area (Å²) in [5.74, 6) is 0. The second kappa shape index (κ2) is 4.06. The van der Waals surface area contributed by atoms with Crippen molar-refractivity contribution >= 4 is 22.7 Å². The van der Waals surface area contributed by atoms with E-state index in [1.165, 1.54) is 20.7 Å². The Bertz CT molecular complexity index is 598. The quantitative estimate of drug-likeness (QED) is 0.692. The number of aromatic nitrogens is 1. The van der Waals surface area contributed by atoms with E-state index in [0.717, 1.165) is 0 Å². The highest BCUT2D eigenvalue weighted by molar-refractivity contribution is 7.99. The summed E-state index contributed by atoms with van der Waals surface area (Å²) in [6.07, 6.45) is 2.06. The van der Waals surface area contributed by atoms with Gasteiger partial charge in [-0.05, 0) is 24.3 Å². The number of para-hydroxylation sites is 1. The Morgan fingerprint density at radius 3 is 2.69 bits per heavy atom. The summed E-state index contributed by atoms with van der Waals surface area (Å²) >= 11 is 1.77. The highest BCUT2D eigenvalue weighted by Crippen LogP contribution is 2.32. The average molecular weight is 224 g/mol. The predicted octanol–water partition coefficient (Wildman–Crippen LogP) is 4.12. The van der Waals surface area contributed by atoms with Gasteiger partial charge in [-0.25, -0.2) is 0 Å². The highest BCUT2D eigenvalue weighted by Gasteiger charge is 2.03. The topological polar surface area (TPSA) is 15.8 Å². The zero-order valence-corrected chi connectivity index (χ0v) is 9.42. The number of aromatic amines is 1. The first-order valence-electron chi connectivity index (χ1n) is 5.13. The van der Waals surface area contributed by atoms with E-state index < -0.39 is 0 Å². The number of fused-ring (bicyclic) bond motifs is 1. The molecular formula is C14H10NS. The maximum absolute atomic E-state index is 3.28. The average Bonchev–Trinajstić information content (AvgIpc) is 2.74. The number of rotatable bonds is 2. The molecule has 0 unspecified atom stereocenters. The molecule has 0 amide bonds. The van der Waals surface area contributed by atoms with Crippen LogP contribution in [0.2, 0.25) is 0 Å². The molecule has 16 heavy (non-hydrogen) atoms. The Hall–Kier alpha value is -1.67. The van der Waals surface area contributed by atoms with Gasteiger partial charge >= 0.3 is 0 Å². The molecule has 2 aromatic carbocycles. The molecule has 0 spiro atoms. The summed E-state index contributed by atoms with van der Waals surface area (Å²) in [5, 5.41) is 1.28. The summed E-state index contributed by atoms with van der Waals surface area (Å²) < 4.78 is 0. The van der Waals surface area contributed by atoms with Gasteiger partial charge in [0.05, 0.1) is 0 Å². The van der Waals surface area contributed by atoms with Crippen molar-refractivity contribution in [3.05, 3.63) is 60.8 Å². The van der Waals surface area contributed by atoms with Crippen molar-refractivity contribution in [2.24, 2.45) is 0 Å². The van der Waals surface area contributed by atoms with E-state index in [2.05, 4.69) is 47.6 Å². The SMILES string of the molecule is [c]1ccc(Sc2c[nH]c3ccccc23)cc1. The van der Waals surface area contributed by atoms with Crippen LogP contribution in [0, 0.1) is 6.07 Å². The van der Waals surface area contributed by atoms with Crippen LogP contribution in [0.1, 0.15) is 0 Å². The summed E-state index contributed by atoms with van der Waals surface area (Å²) in [5.41, 5.74) is 1.19. The lowest BCUT2D eigenvalue weighted by Gasteiger charge is -1.98. The van der Waals surface area contributed by atoms with Gasteiger partial charge in [0, 0.05) is 26.9 Å². The van der Waals surface area contributed by atoms with Crippen molar-refractivity contribution < 1.29 is 0 Å². The van der Waals surface area contributed by atoms with Crippen LogP contribution in [0.4, 0.5) is 0 Å². The third-order valence-electron chi connectivity index (χ3n) is 2.47. The Kier molecular flexibility index (Phi) is 2.43. The van der Waals surface area contributed by atoms with E-state index in [1.54, 1.807) is 11.8 Å². The molecule has 1 aromatic heterocycles. The molecule has 0 saturated heterocycles. The van der Waals surface area contributed by atoms with Gasteiger partial charge in [-0.1, -0.05) is 42.1 Å². The molecule has 2 heteroatoms. The summed E-state index contributed by atoms with van der Waals surface area (Å²) in [4.78, 5) is 5.78. The van der Waals surface area contributed by atoms with Crippen LogP contribution >= 0.6 is 11.8 Å². The zero-order valence-electron chi connectivity index (χ0n) is 8.60. The van der Waals surface area contributed by atoms with Crippen LogP contribution in [0.25, 0.3) is 10.9 Å². The molecule has 0 fully saturated rings. The molecule has 1 heterocycles. The van der Waals surface area contributed by atoms with Crippen molar-refractivity contribution in [3.8, 4) is 0 Å². The molecule has 0 bridgehead atoms. The van der Waals surface area contributed by atoms with Crippen molar-refractivity contribution in [3.63, 3.8) is 0 Å². The first kappa shape index (κ1) is 9.55. The maximum Gasteiger partial charge on any atom is 0.0465 e. The smallest absolute Gasteiger partial charge is 0.0465 e. The van der Waals surface area contributed by atoms with Crippen LogP contribution in [-0.4, -0.2) is 4.98 Å². The second-order valence-electron chi connectivity index (χ2n) is 3.54. The molecule has 0 aliphatic carbocycles. The molecule has 1 N–H and O–H groups in total. The Morgan fingerprint density at radius 1 is 1.00 bits per heavy atom. The molecule has 77 valence electrons. The molecule has 3 aromatic rings. The largest absolute Gasteiger partial charge is 0.360 e. The second-order valence-corrected chi connectivity index (χ2v) is 4.65. The molecule has 0 aliphatic rings. The molecule has 0 aliphatic heterocycles. The van der Waals surface area contributed by atoms with E-state index in [1.807, 2.05) is 18.2 Å². The van der Waals surface area contributed by atoms with Gasteiger partial charge in [-0.15, -0.1) is 0 Å². The lowest BCUT2D eigenvalue weighted by molar-refractivity contribution is 1.39.